The van der Waals surface area contributed by atoms with E-state index in [1.165, 1.54) is 53.4 Å². The lowest BCUT2D eigenvalue weighted by molar-refractivity contribution is -0.142. The van der Waals surface area contributed by atoms with Gasteiger partial charge in [-0.25, -0.2) is 8.78 Å². The van der Waals surface area contributed by atoms with Crippen LogP contribution in [0.25, 0.3) is 11.4 Å². The van der Waals surface area contributed by atoms with Crippen molar-refractivity contribution in [3.8, 4) is 11.4 Å². The van der Waals surface area contributed by atoms with Gasteiger partial charge in [0.1, 0.15) is 24.2 Å². The molecule has 3 rings (SSSR count). The normalized spacial score (nSPS) is 11.9. The molecule has 2 amide bonds. The Hall–Kier alpha value is -3.73. The summed E-state index contributed by atoms with van der Waals surface area (Å²) in [5.41, 5.74) is 0.962. The molecule has 0 aliphatic heterocycles. The van der Waals surface area contributed by atoms with Gasteiger partial charge in [0.05, 0.1) is 0 Å². The third-order valence-electron chi connectivity index (χ3n) is 5.48. The topological polar surface area (TPSA) is 113 Å². The van der Waals surface area contributed by atoms with E-state index in [2.05, 4.69) is 20.7 Å². The van der Waals surface area contributed by atoms with E-state index in [-0.39, 0.29) is 31.9 Å². The van der Waals surface area contributed by atoms with Crippen molar-refractivity contribution >= 4 is 11.8 Å². The first-order valence-electron chi connectivity index (χ1n) is 11.8. The molecule has 9 nitrogen and oxygen atoms in total. The molecule has 0 saturated carbocycles. The van der Waals surface area contributed by atoms with E-state index in [1.807, 2.05) is 13.8 Å². The van der Waals surface area contributed by atoms with E-state index in [4.69, 9.17) is 0 Å². The number of rotatable bonds is 12. The summed E-state index contributed by atoms with van der Waals surface area (Å²) in [6.07, 6.45) is 0.982. The highest BCUT2D eigenvalue weighted by atomic mass is 19.1. The van der Waals surface area contributed by atoms with Crippen LogP contribution >= 0.6 is 0 Å². The number of aliphatic hydroxyl groups excluding tert-OH is 1. The van der Waals surface area contributed by atoms with Gasteiger partial charge in [0.15, 0.2) is 0 Å². The van der Waals surface area contributed by atoms with Crippen LogP contribution in [0.3, 0.4) is 0 Å². The summed E-state index contributed by atoms with van der Waals surface area (Å²) in [5.74, 6) is -1.18. The average molecular weight is 501 g/mol. The van der Waals surface area contributed by atoms with Gasteiger partial charge >= 0.3 is 0 Å². The number of nitrogens with one attached hydrogen (secondary N) is 1. The molecule has 0 bridgehead atoms. The van der Waals surface area contributed by atoms with Gasteiger partial charge in [0, 0.05) is 25.3 Å². The number of hydrogen-bond donors (Lipinski definition) is 2. The standard InChI is InChI=1S/C25H30F2N6O3/c1-17(2)12-13-28-25(36)23(18-4-8-20(26)9-5-18)32(14-3-15-34)22(35)16-33-30-24(29-31-33)19-6-10-21(27)11-7-19/h4-11,17,23,34H,3,12-16H2,1-2H3,(H,28,36)/t23-/m1/s1. The van der Waals surface area contributed by atoms with Crippen molar-refractivity contribution in [2.75, 3.05) is 19.7 Å². The number of nitrogens with zero attached hydrogens (tertiary/aromatic N) is 5. The monoisotopic (exact) mass is 500 g/mol. The van der Waals surface area contributed by atoms with Gasteiger partial charge in [-0.15, -0.1) is 10.2 Å². The van der Waals surface area contributed by atoms with Gasteiger partial charge in [0.25, 0.3) is 0 Å². The van der Waals surface area contributed by atoms with Crippen molar-refractivity contribution in [1.29, 1.82) is 0 Å². The fourth-order valence-corrected chi connectivity index (χ4v) is 3.57. The highest BCUT2D eigenvalue weighted by Gasteiger charge is 2.31. The Morgan fingerprint density at radius 1 is 1.06 bits per heavy atom. The number of tetrazole rings is 1. The summed E-state index contributed by atoms with van der Waals surface area (Å²) in [7, 11) is 0. The molecule has 1 heterocycles. The Bertz CT molecular complexity index is 1140. The lowest BCUT2D eigenvalue weighted by Crippen LogP contribution is -2.46. The van der Waals surface area contributed by atoms with Crippen molar-refractivity contribution in [2.45, 2.75) is 39.3 Å². The molecule has 1 atom stereocenters. The van der Waals surface area contributed by atoms with Crippen LogP contribution in [0, 0.1) is 17.6 Å². The second-order valence-electron chi connectivity index (χ2n) is 8.74. The average Bonchev–Trinajstić information content (AvgIpc) is 3.31. The molecule has 11 heteroatoms. The van der Waals surface area contributed by atoms with Crippen LogP contribution in [0.15, 0.2) is 48.5 Å². The van der Waals surface area contributed by atoms with Crippen LogP contribution in [0.4, 0.5) is 8.78 Å². The zero-order chi connectivity index (χ0) is 26.1. The summed E-state index contributed by atoms with van der Waals surface area (Å²) in [4.78, 5) is 29.1. The van der Waals surface area contributed by atoms with E-state index in [9.17, 15) is 23.5 Å². The summed E-state index contributed by atoms with van der Waals surface area (Å²) >= 11 is 0. The zero-order valence-corrected chi connectivity index (χ0v) is 20.3. The fraction of sp³-hybridized carbons (Fsp3) is 0.400. The molecular formula is C25H30F2N6O3. The second-order valence-corrected chi connectivity index (χ2v) is 8.74. The van der Waals surface area contributed by atoms with Gasteiger partial charge in [-0.1, -0.05) is 26.0 Å². The smallest absolute Gasteiger partial charge is 0.247 e. The number of aromatic nitrogens is 4. The van der Waals surface area contributed by atoms with Crippen molar-refractivity contribution in [3.63, 3.8) is 0 Å². The predicted octanol–water partition coefficient (Wildman–Crippen LogP) is 2.73. The van der Waals surface area contributed by atoms with Crippen LogP contribution in [-0.2, 0) is 16.1 Å². The first-order valence-corrected chi connectivity index (χ1v) is 11.8. The molecule has 0 unspecified atom stereocenters. The van der Waals surface area contributed by atoms with E-state index in [1.54, 1.807) is 0 Å². The van der Waals surface area contributed by atoms with Crippen LogP contribution in [-0.4, -0.2) is 61.7 Å². The maximum atomic E-state index is 13.6. The maximum Gasteiger partial charge on any atom is 0.247 e. The molecule has 0 aliphatic rings. The van der Waals surface area contributed by atoms with E-state index in [0.29, 0.717) is 23.6 Å². The maximum absolute atomic E-state index is 13.6. The minimum atomic E-state index is -1.04. The molecule has 36 heavy (non-hydrogen) atoms. The van der Waals surface area contributed by atoms with Crippen LogP contribution < -0.4 is 5.32 Å². The van der Waals surface area contributed by atoms with Gasteiger partial charge in [0.2, 0.25) is 17.6 Å². The molecule has 0 fully saturated rings. The number of amides is 2. The molecular weight excluding hydrogens is 470 g/mol. The van der Waals surface area contributed by atoms with E-state index < -0.39 is 29.5 Å². The Labute approximate surface area is 208 Å². The molecule has 0 aliphatic carbocycles. The SMILES string of the molecule is CC(C)CCNC(=O)[C@@H](c1ccc(F)cc1)N(CCCO)C(=O)Cn1nnc(-c2ccc(F)cc2)n1. The third-order valence-corrected chi connectivity index (χ3v) is 5.48. The number of aliphatic hydroxyl groups is 1. The lowest BCUT2D eigenvalue weighted by atomic mass is 10.0. The Balaban J connectivity index is 1.85. The molecule has 0 spiro atoms. The zero-order valence-electron chi connectivity index (χ0n) is 20.3. The van der Waals surface area contributed by atoms with Gasteiger partial charge in [-0.05, 0) is 65.9 Å². The van der Waals surface area contributed by atoms with Crippen molar-refractivity contribution in [1.82, 2.24) is 30.4 Å². The number of carbonyl (C=O) groups excluding carboxylic acids is 2. The minimum absolute atomic E-state index is 0.0779. The Morgan fingerprint density at radius 3 is 2.31 bits per heavy atom. The molecule has 1 aromatic heterocycles. The van der Waals surface area contributed by atoms with E-state index >= 15 is 0 Å². The van der Waals surface area contributed by atoms with Crippen LogP contribution in [0.1, 0.15) is 38.3 Å². The van der Waals surface area contributed by atoms with Gasteiger partial charge < -0.3 is 15.3 Å². The number of halogens is 2. The Morgan fingerprint density at radius 2 is 1.69 bits per heavy atom. The third kappa shape index (κ3) is 7.38. The van der Waals surface area contributed by atoms with Crippen molar-refractivity contribution < 1.29 is 23.5 Å². The molecule has 0 radical (unpaired) electrons. The summed E-state index contributed by atoms with van der Waals surface area (Å²) in [5, 5.41) is 24.3. The lowest BCUT2D eigenvalue weighted by Gasteiger charge is -2.31. The Kier molecular flexibility index (Phi) is 9.57. The van der Waals surface area contributed by atoms with Crippen LogP contribution in [0.5, 0.6) is 0 Å². The van der Waals surface area contributed by atoms with Gasteiger partial charge in [-0.2, -0.15) is 4.80 Å². The minimum Gasteiger partial charge on any atom is -0.396 e. The number of benzene rings is 2. The van der Waals surface area contributed by atoms with Crippen molar-refractivity contribution in [3.05, 3.63) is 65.7 Å². The molecule has 3 aromatic rings. The highest BCUT2D eigenvalue weighted by Crippen LogP contribution is 2.23. The quantitative estimate of drug-likeness (QED) is 0.395. The van der Waals surface area contributed by atoms with Crippen LogP contribution in [0.2, 0.25) is 0 Å². The first-order chi connectivity index (χ1) is 17.3. The molecule has 0 saturated heterocycles. The summed E-state index contributed by atoms with van der Waals surface area (Å²) in [6.45, 7) is 4.05. The second kappa shape index (κ2) is 12.8. The number of hydrogen-bond acceptors (Lipinski definition) is 6. The molecule has 2 aromatic carbocycles. The first kappa shape index (κ1) is 26.9. The number of carbonyl (C=O) groups is 2. The highest BCUT2D eigenvalue weighted by molar-refractivity contribution is 5.88. The fourth-order valence-electron chi connectivity index (χ4n) is 3.57. The van der Waals surface area contributed by atoms with Crippen molar-refractivity contribution in [2.24, 2.45) is 5.92 Å². The summed E-state index contributed by atoms with van der Waals surface area (Å²) in [6, 6.07) is 9.86. The summed E-state index contributed by atoms with van der Waals surface area (Å²) < 4.78 is 26.8. The van der Waals surface area contributed by atoms with E-state index in [0.717, 1.165) is 11.2 Å². The van der Waals surface area contributed by atoms with Gasteiger partial charge in [-0.3, -0.25) is 9.59 Å². The molecule has 192 valence electrons. The predicted molar refractivity (Wildman–Crippen MR) is 128 cm³/mol. The molecule has 2 N–H and O–H groups in total. The largest absolute Gasteiger partial charge is 0.396 e.